The summed E-state index contributed by atoms with van der Waals surface area (Å²) in [5, 5.41) is 4.23. The first-order chi connectivity index (χ1) is 9.86. The summed E-state index contributed by atoms with van der Waals surface area (Å²) < 4.78 is 0. The summed E-state index contributed by atoms with van der Waals surface area (Å²) in [4.78, 5) is 5.74. The highest BCUT2D eigenvalue weighted by Gasteiger charge is 2.04. The zero-order valence-electron chi connectivity index (χ0n) is 11.3. The molecule has 0 aliphatic heterocycles. The molecule has 0 fully saturated rings. The summed E-state index contributed by atoms with van der Waals surface area (Å²) in [6, 6.07) is 19.0. The molecule has 0 amide bonds. The molecule has 3 rings (SSSR count). The van der Waals surface area contributed by atoms with Crippen molar-refractivity contribution in [2.45, 2.75) is 6.54 Å². The number of aromatic nitrogens is 1. The Balaban J connectivity index is 1.85. The first-order valence-corrected chi connectivity index (χ1v) is 7.43. The highest BCUT2D eigenvalue weighted by atomic mass is 32.1. The van der Waals surface area contributed by atoms with Crippen molar-refractivity contribution >= 4 is 11.3 Å². The van der Waals surface area contributed by atoms with Crippen molar-refractivity contribution in [1.29, 1.82) is 0 Å². The van der Waals surface area contributed by atoms with Gasteiger partial charge in [-0.2, -0.15) is 0 Å². The Hall–Kier alpha value is -1.97. The van der Waals surface area contributed by atoms with Crippen molar-refractivity contribution in [3.8, 4) is 21.7 Å². The monoisotopic (exact) mass is 280 g/mol. The third kappa shape index (κ3) is 2.79. The van der Waals surface area contributed by atoms with E-state index in [2.05, 4.69) is 58.8 Å². The lowest BCUT2D eigenvalue weighted by Gasteiger charge is -2.02. The third-order valence-corrected chi connectivity index (χ3v) is 4.19. The van der Waals surface area contributed by atoms with Gasteiger partial charge in [0.1, 0.15) is 5.01 Å². The Morgan fingerprint density at radius 3 is 2.25 bits per heavy atom. The number of rotatable bonds is 4. The quantitative estimate of drug-likeness (QED) is 0.775. The number of hydrogen-bond donors (Lipinski definition) is 1. The Morgan fingerprint density at radius 1 is 0.900 bits per heavy atom. The third-order valence-electron chi connectivity index (χ3n) is 3.14. The Morgan fingerprint density at radius 2 is 1.55 bits per heavy atom. The van der Waals surface area contributed by atoms with Crippen LogP contribution in [0.5, 0.6) is 0 Å². The van der Waals surface area contributed by atoms with Crippen LogP contribution in [0.2, 0.25) is 0 Å². The lowest BCUT2D eigenvalue weighted by molar-refractivity contribution is 0.829. The SMILES string of the molecule is CNCc1cnc(-c2ccc(-c3ccccc3)cc2)s1. The van der Waals surface area contributed by atoms with Gasteiger partial charge in [0.15, 0.2) is 0 Å². The van der Waals surface area contributed by atoms with E-state index in [0.29, 0.717) is 0 Å². The predicted octanol–water partition coefficient (Wildman–Crippen LogP) is 4.20. The molecule has 2 aromatic carbocycles. The van der Waals surface area contributed by atoms with Gasteiger partial charge < -0.3 is 5.32 Å². The van der Waals surface area contributed by atoms with Crippen molar-refractivity contribution in [2.75, 3.05) is 7.05 Å². The largest absolute Gasteiger partial charge is 0.315 e. The van der Waals surface area contributed by atoms with Gasteiger partial charge in [-0.05, 0) is 18.2 Å². The van der Waals surface area contributed by atoms with E-state index in [1.54, 1.807) is 11.3 Å². The lowest BCUT2D eigenvalue weighted by atomic mass is 10.0. The Bertz CT molecular complexity index is 672. The summed E-state index contributed by atoms with van der Waals surface area (Å²) in [7, 11) is 1.95. The van der Waals surface area contributed by atoms with E-state index in [0.717, 1.165) is 11.6 Å². The molecule has 20 heavy (non-hydrogen) atoms. The Labute approximate surface area is 123 Å². The fourth-order valence-electron chi connectivity index (χ4n) is 2.13. The molecule has 2 nitrogen and oxygen atoms in total. The standard InChI is InChI=1S/C17H16N2S/c1-18-11-16-12-19-17(20-16)15-9-7-14(8-10-15)13-5-3-2-4-6-13/h2-10,12,18H,11H2,1H3. The molecule has 3 heteroatoms. The Kier molecular flexibility index (Phi) is 3.90. The van der Waals surface area contributed by atoms with Crippen molar-refractivity contribution in [1.82, 2.24) is 10.3 Å². The molecule has 0 aliphatic carbocycles. The second-order valence-electron chi connectivity index (χ2n) is 4.61. The minimum atomic E-state index is 0.875. The van der Waals surface area contributed by atoms with Gasteiger partial charge in [0.25, 0.3) is 0 Å². The molecule has 1 aromatic heterocycles. The number of hydrogen-bond acceptors (Lipinski definition) is 3. The van der Waals surface area contributed by atoms with Gasteiger partial charge in [0.2, 0.25) is 0 Å². The summed E-state index contributed by atoms with van der Waals surface area (Å²) in [6.07, 6.45) is 1.95. The van der Waals surface area contributed by atoms with Crippen LogP contribution < -0.4 is 5.32 Å². The normalized spacial score (nSPS) is 10.7. The summed E-state index contributed by atoms with van der Waals surface area (Å²) in [5.74, 6) is 0. The van der Waals surface area contributed by atoms with E-state index in [4.69, 9.17) is 0 Å². The fraction of sp³-hybridized carbons (Fsp3) is 0.118. The molecule has 0 saturated carbocycles. The second kappa shape index (κ2) is 5.99. The number of nitrogens with zero attached hydrogens (tertiary/aromatic N) is 1. The van der Waals surface area contributed by atoms with E-state index < -0.39 is 0 Å². The summed E-state index contributed by atoms with van der Waals surface area (Å²) in [6.45, 7) is 0.875. The van der Waals surface area contributed by atoms with Gasteiger partial charge in [-0.15, -0.1) is 11.3 Å². The molecule has 0 bridgehead atoms. The van der Waals surface area contributed by atoms with Crippen molar-refractivity contribution in [3.05, 3.63) is 65.7 Å². The van der Waals surface area contributed by atoms with Gasteiger partial charge in [0.05, 0.1) is 0 Å². The van der Waals surface area contributed by atoms with E-state index in [1.165, 1.54) is 21.6 Å². The number of benzene rings is 2. The first kappa shape index (κ1) is 13.0. The molecule has 0 unspecified atom stereocenters. The van der Waals surface area contributed by atoms with Gasteiger partial charge in [-0.25, -0.2) is 4.98 Å². The molecular formula is C17H16N2S. The van der Waals surface area contributed by atoms with Crippen LogP contribution >= 0.6 is 11.3 Å². The van der Waals surface area contributed by atoms with Crippen molar-refractivity contribution in [2.24, 2.45) is 0 Å². The van der Waals surface area contributed by atoms with Gasteiger partial charge >= 0.3 is 0 Å². The van der Waals surface area contributed by atoms with Crippen LogP contribution in [-0.2, 0) is 6.54 Å². The average Bonchev–Trinajstić information content (AvgIpc) is 2.97. The first-order valence-electron chi connectivity index (χ1n) is 6.62. The number of thiazole rings is 1. The van der Waals surface area contributed by atoms with Crippen LogP contribution in [0.4, 0.5) is 0 Å². The number of nitrogens with one attached hydrogen (secondary N) is 1. The highest BCUT2D eigenvalue weighted by Crippen LogP contribution is 2.27. The van der Waals surface area contributed by atoms with Crippen LogP contribution in [0.1, 0.15) is 4.88 Å². The minimum Gasteiger partial charge on any atom is -0.315 e. The van der Waals surface area contributed by atoms with Gasteiger partial charge in [0, 0.05) is 23.2 Å². The maximum absolute atomic E-state index is 4.49. The molecular weight excluding hydrogens is 264 g/mol. The lowest BCUT2D eigenvalue weighted by Crippen LogP contribution is -2.02. The summed E-state index contributed by atoms with van der Waals surface area (Å²) >= 11 is 1.74. The topological polar surface area (TPSA) is 24.9 Å². The molecule has 0 spiro atoms. The molecule has 100 valence electrons. The minimum absolute atomic E-state index is 0.875. The molecule has 0 aliphatic rings. The molecule has 1 heterocycles. The van der Waals surface area contributed by atoms with Gasteiger partial charge in [-0.1, -0.05) is 54.6 Å². The van der Waals surface area contributed by atoms with E-state index >= 15 is 0 Å². The highest BCUT2D eigenvalue weighted by molar-refractivity contribution is 7.15. The van der Waals surface area contributed by atoms with Crippen LogP contribution in [0.25, 0.3) is 21.7 Å². The van der Waals surface area contributed by atoms with Crippen LogP contribution in [0, 0.1) is 0 Å². The average molecular weight is 280 g/mol. The van der Waals surface area contributed by atoms with Crippen LogP contribution in [-0.4, -0.2) is 12.0 Å². The van der Waals surface area contributed by atoms with E-state index in [9.17, 15) is 0 Å². The smallest absolute Gasteiger partial charge is 0.123 e. The van der Waals surface area contributed by atoms with Crippen molar-refractivity contribution < 1.29 is 0 Å². The van der Waals surface area contributed by atoms with E-state index in [-0.39, 0.29) is 0 Å². The summed E-state index contributed by atoms with van der Waals surface area (Å²) in [5.41, 5.74) is 3.66. The predicted molar refractivity (Wildman–Crippen MR) is 85.7 cm³/mol. The second-order valence-corrected chi connectivity index (χ2v) is 5.72. The maximum atomic E-state index is 4.49. The van der Waals surface area contributed by atoms with Gasteiger partial charge in [-0.3, -0.25) is 0 Å². The van der Waals surface area contributed by atoms with Crippen LogP contribution in [0.15, 0.2) is 60.8 Å². The molecule has 0 saturated heterocycles. The maximum Gasteiger partial charge on any atom is 0.123 e. The fourth-order valence-corrected chi connectivity index (χ4v) is 3.06. The molecule has 1 N–H and O–H groups in total. The molecule has 0 atom stereocenters. The molecule has 0 radical (unpaired) electrons. The zero-order chi connectivity index (χ0) is 13.8. The zero-order valence-corrected chi connectivity index (χ0v) is 12.2. The molecule has 3 aromatic rings. The van der Waals surface area contributed by atoms with Crippen molar-refractivity contribution in [3.63, 3.8) is 0 Å². The van der Waals surface area contributed by atoms with E-state index in [1.807, 2.05) is 19.3 Å². The van der Waals surface area contributed by atoms with Crippen LogP contribution in [0.3, 0.4) is 0 Å².